The molecule has 9 heteroatoms. The molecular formula is C17H18ClN5O2S. The van der Waals surface area contributed by atoms with E-state index in [-0.39, 0.29) is 5.69 Å². The summed E-state index contributed by atoms with van der Waals surface area (Å²) in [6.07, 6.45) is 0.781. The number of aryl methyl sites for hydroxylation is 1. The highest BCUT2D eigenvalue weighted by molar-refractivity contribution is 7.15. The number of rotatable bonds is 5. The van der Waals surface area contributed by atoms with Crippen LogP contribution in [0.5, 0.6) is 0 Å². The maximum absolute atomic E-state index is 12.7. The maximum atomic E-state index is 12.7. The Morgan fingerprint density at radius 3 is 2.81 bits per heavy atom. The predicted molar refractivity (Wildman–Crippen MR) is 103 cm³/mol. The molecule has 3 aromatic rings. The van der Waals surface area contributed by atoms with Gasteiger partial charge in [-0.25, -0.2) is 0 Å². The molecule has 0 unspecified atom stereocenters. The van der Waals surface area contributed by atoms with Crippen molar-refractivity contribution in [1.29, 1.82) is 0 Å². The topological polar surface area (TPSA) is 89.8 Å². The maximum Gasteiger partial charge on any atom is 0.282 e. The third kappa shape index (κ3) is 3.76. The van der Waals surface area contributed by atoms with Gasteiger partial charge in [0.2, 0.25) is 10.6 Å². The van der Waals surface area contributed by atoms with E-state index in [0.717, 1.165) is 11.4 Å². The summed E-state index contributed by atoms with van der Waals surface area (Å²) in [7, 11) is 0. The molecule has 136 valence electrons. The summed E-state index contributed by atoms with van der Waals surface area (Å²) >= 11 is 7.30. The normalized spacial score (nSPS) is 11.3. The molecule has 1 amide bonds. The Kier molecular flexibility index (Phi) is 5.33. The smallest absolute Gasteiger partial charge is 0.282 e. The fourth-order valence-corrected chi connectivity index (χ4v) is 3.66. The van der Waals surface area contributed by atoms with Gasteiger partial charge in [0, 0.05) is 18.0 Å². The van der Waals surface area contributed by atoms with Gasteiger partial charge in [-0.3, -0.25) is 19.6 Å². The monoisotopic (exact) mass is 391 g/mol. The molecule has 0 atom stereocenters. The van der Waals surface area contributed by atoms with E-state index >= 15 is 0 Å². The highest BCUT2D eigenvalue weighted by atomic mass is 35.5. The average molecular weight is 392 g/mol. The van der Waals surface area contributed by atoms with Crippen molar-refractivity contribution in [1.82, 2.24) is 20.0 Å². The number of hydrogen-bond acceptors (Lipinski definition) is 6. The van der Waals surface area contributed by atoms with E-state index in [1.54, 1.807) is 22.9 Å². The number of nitrogens with zero attached hydrogens (tertiary/aromatic N) is 4. The van der Waals surface area contributed by atoms with Gasteiger partial charge >= 0.3 is 0 Å². The third-order valence-corrected chi connectivity index (χ3v) is 4.80. The number of halogens is 1. The number of benzene rings is 1. The largest absolute Gasteiger partial charge is 0.295 e. The summed E-state index contributed by atoms with van der Waals surface area (Å²) in [5.74, 6) is -0.165. The van der Waals surface area contributed by atoms with Crippen molar-refractivity contribution >= 4 is 44.9 Å². The first-order valence-corrected chi connectivity index (χ1v) is 9.42. The lowest BCUT2D eigenvalue weighted by Gasteiger charge is -2.10. The second kappa shape index (κ2) is 7.51. The van der Waals surface area contributed by atoms with Crippen LogP contribution >= 0.6 is 22.9 Å². The van der Waals surface area contributed by atoms with Crippen molar-refractivity contribution in [2.75, 3.05) is 5.32 Å². The molecule has 0 saturated carbocycles. The van der Waals surface area contributed by atoms with E-state index in [0.29, 0.717) is 33.5 Å². The lowest BCUT2D eigenvalue weighted by Crippen LogP contribution is -2.27. The molecule has 2 aromatic heterocycles. The summed E-state index contributed by atoms with van der Waals surface area (Å²) in [6, 6.07) is 4.96. The number of hydrogen-bond donors (Lipinski definition) is 1. The zero-order chi connectivity index (χ0) is 18.8. The second-order valence-corrected chi connectivity index (χ2v) is 7.71. The van der Waals surface area contributed by atoms with Crippen molar-refractivity contribution < 1.29 is 4.79 Å². The molecule has 0 saturated heterocycles. The summed E-state index contributed by atoms with van der Waals surface area (Å²) in [5.41, 5.74) is -0.0209. The van der Waals surface area contributed by atoms with E-state index in [4.69, 9.17) is 11.6 Å². The van der Waals surface area contributed by atoms with Crippen LogP contribution in [0.1, 0.15) is 36.3 Å². The van der Waals surface area contributed by atoms with Crippen molar-refractivity contribution in [3.8, 4) is 0 Å². The first-order valence-electron chi connectivity index (χ1n) is 8.23. The van der Waals surface area contributed by atoms with Crippen LogP contribution in [0.4, 0.5) is 5.13 Å². The highest BCUT2D eigenvalue weighted by Gasteiger charge is 2.19. The molecule has 0 fully saturated rings. The zero-order valence-electron chi connectivity index (χ0n) is 14.6. The van der Waals surface area contributed by atoms with Crippen LogP contribution in [0.25, 0.3) is 10.9 Å². The minimum Gasteiger partial charge on any atom is -0.295 e. The van der Waals surface area contributed by atoms with Crippen LogP contribution in [0.15, 0.2) is 23.0 Å². The highest BCUT2D eigenvalue weighted by Crippen LogP contribution is 2.20. The van der Waals surface area contributed by atoms with Crippen molar-refractivity contribution in [3.63, 3.8) is 0 Å². The first kappa shape index (κ1) is 18.5. The molecule has 2 heterocycles. The Bertz CT molecular complexity index is 1030. The van der Waals surface area contributed by atoms with Crippen molar-refractivity contribution in [2.24, 2.45) is 5.92 Å². The lowest BCUT2D eigenvalue weighted by atomic mass is 10.1. The number of aromatic nitrogens is 4. The summed E-state index contributed by atoms with van der Waals surface area (Å²) < 4.78 is 1.60. The number of carbonyl (C=O) groups is 1. The van der Waals surface area contributed by atoms with Gasteiger partial charge in [0.15, 0.2) is 5.69 Å². The van der Waals surface area contributed by atoms with Gasteiger partial charge in [0.25, 0.3) is 5.91 Å². The standard InChI is InChI=1S/C17H18ClN5O2S/c1-4-23-12-6-5-10(18)8-11(12)15(24)14(22-23)16(25)19-17-21-20-13(26-17)7-9(2)3/h5-6,8-9H,4,7H2,1-3H3,(H,19,21,25). The average Bonchev–Trinajstić information content (AvgIpc) is 3.01. The Labute approximate surface area is 159 Å². The van der Waals surface area contributed by atoms with Crippen LogP contribution < -0.4 is 10.7 Å². The molecule has 1 aromatic carbocycles. The third-order valence-electron chi connectivity index (χ3n) is 3.70. The van der Waals surface area contributed by atoms with E-state index in [1.165, 1.54) is 11.3 Å². The minimum atomic E-state index is -0.605. The molecular weight excluding hydrogens is 374 g/mol. The Hall–Kier alpha value is -2.32. The molecule has 0 bridgehead atoms. The van der Waals surface area contributed by atoms with Gasteiger partial charge in [0.05, 0.1) is 10.9 Å². The number of amides is 1. The summed E-state index contributed by atoms with van der Waals surface area (Å²) in [5, 5.41) is 16.8. The number of anilines is 1. The fraction of sp³-hybridized carbons (Fsp3) is 0.353. The Balaban J connectivity index is 1.96. The molecule has 7 nitrogen and oxygen atoms in total. The molecule has 0 aliphatic rings. The van der Waals surface area contributed by atoms with E-state index < -0.39 is 11.3 Å². The number of fused-ring (bicyclic) bond motifs is 1. The SMILES string of the molecule is CCn1nc(C(=O)Nc2nnc(CC(C)C)s2)c(=O)c2cc(Cl)ccc21. The lowest BCUT2D eigenvalue weighted by molar-refractivity contribution is 0.101. The van der Waals surface area contributed by atoms with Gasteiger partial charge in [-0.15, -0.1) is 10.2 Å². The minimum absolute atomic E-state index is 0.192. The van der Waals surface area contributed by atoms with Gasteiger partial charge in [-0.1, -0.05) is 36.8 Å². The van der Waals surface area contributed by atoms with Crippen LogP contribution in [0.3, 0.4) is 0 Å². The molecule has 3 rings (SSSR count). The van der Waals surface area contributed by atoms with E-state index in [9.17, 15) is 9.59 Å². The summed E-state index contributed by atoms with van der Waals surface area (Å²) in [6.45, 7) is 6.56. The van der Waals surface area contributed by atoms with Crippen LogP contribution in [-0.2, 0) is 13.0 Å². The molecule has 0 aliphatic heterocycles. The quantitative estimate of drug-likeness (QED) is 0.720. The number of carbonyl (C=O) groups excluding carboxylic acids is 1. The Morgan fingerprint density at radius 2 is 2.12 bits per heavy atom. The summed E-state index contributed by atoms with van der Waals surface area (Å²) in [4.78, 5) is 25.3. The molecule has 26 heavy (non-hydrogen) atoms. The molecule has 0 spiro atoms. The predicted octanol–water partition coefficient (Wildman–Crippen LogP) is 3.37. The molecule has 1 N–H and O–H groups in total. The second-order valence-electron chi connectivity index (χ2n) is 6.21. The van der Waals surface area contributed by atoms with Gasteiger partial charge in [0.1, 0.15) is 5.01 Å². The van der Waals surface area contributed by atoms with Gasteiger partial charge in [-0.2, -0.15) is 5.10 Å². The van der Waals surface area contributed by atoms with Crippen LogP contribution in [0, 0.1) is 5.92 Å². The van der Waals surface area contributed by atoms with Gasteiger partial charge in [-0.05, 0) is 31.0 Å². The van der Waals surface area contributed by atoms with Crippen molar-refractivity contribution in [2.45, 2.75) is 33.7 Å². The van der Waals surface area contributed by atoms with E-state index in [2.05, 4.69) is 34.5 Å². The van der Waals surface area contributed by atoms with E-state index in [1.807, 2.05) is 6.92 Å². The first-order chi connectivity index (χ1) is 12.4. The zero-order valence-corrected chi connectivity index (χ0v) is 16.2. The van der Waals surface area contributed by atoms with Crippen LogP contribution in [-0.4, -0.2) is 25.9 Å². The van der Waals surface area contributed by atoms with Gasteiger partial charge < -0.3 is 0 Å². The van der Waals surface area contributed by atoms with Crippen LogP contribution in [0.2, 0.25) is 5.02 Å². The fourth-order valence-electron chi connectivity index (χ4n) is 2.54. The molecule has 0 radical (unpaired) electrons. The number of nitrogens with one attached hydrogen (secondary N) is 1. The Morgan fingerprint density at radius 1 is 1.35 bits per heavy atom. The van der Waals surface area contributed by atoms with Crippen molar-refractivity contribution in [3.05, 3.63) is 44.1 Å². The molecule has 0 aliphatic carbocycles.